The minimum atomic E-state index is -0.633. The molecule has 1 N–H and O–H groups in total. The lowest BCUT2D eigenvalue weighted by atomic mass is 10.2. The fraction of sp³-hybridized carbons (Fsp3) is 0.529. The van der Waals surface area contributed by atoms with Gasteiger partial charge in [0.25, 0.3) is 0 Å². The first-order valence-electron chi connectivity index (χ1n) is 8.23. The van der Waals surface area contributed by atoms with Gasteiger partial charge in [0.1, 0.15) is 0 Å². The van der Waals surface area contributed by atoms with E-state index in [0.717, 1.165) is 13.1 Å². The average Bonchev–Trinajstić information content (AvgIpc) is 2.57. The molecular formula is C17H25N3O4. The van der Waals surface area contributed by atoms with Gasteiger partial charge in [-0.25, -0.2) is 0 Å². The van der Waals surface area contributed by atoms with Gasteiger partial charge in [-0.05, 0) is 33.0 Å². The number of likely N-dealkylation sites (N-methyl/N-ethyl adjacent to an activating group) is 1. The van der Waals surface area contributed by atoms with E-state index in [2.05, 4.69) is 10.2 Å². The quantitative estimate of drug-likeness (QED) is 0.819. The van der Waals surface area contributed by atoms with E-state index >= 15 is 0 Å². The first-order valence-corrected chi connectivity index (χ1v) is 8.23. The number of rotatable bonds is 5. The number of ether oxygens (including phenoxy) is 2. The van der Waals surface area contributed by atoms with Gasteiger partial charge in [0.2, 0.25) is 0 Å². The van der Waals surface area contributed by atoms with Crippen molar-refractivity contribution in [3.05, 3.63) is 18.2 Å². The van der Waals surface area contributed by atoms with Gasteiger partial charge in [0, 0.05) is 37.9 Å². The highest BCUT2D eigenvalue weighted by Gasteiger charge is 2.25. The highest BCUT2D eigenvalue weighted by atomic mass is 16.5. The van der Waals surface area contributed by atoms with Crippen molar-refractivity contribution < 1.29 is 19.1 Å². The number of hydrogen-bond donors (Lipinski definition) is 1. The van der Waals surface area contributed by atoms with E-state index < -0.39 is 11.8 Å². The Balaban J connectivity index is 2.02. The molecule has 132 valence electrons. The van der Waals surface area contributed by atoms with Crippen molar-refractivity contribution in [2.24, 2.45) is 0 Å². The van der Waals surface area contributed by atoms with Crippen molar-refractivity contribution >= 4 is 17.5 Å². The SMILES string of the molecule is CCOc1ccc(NC(=O)C(=O)N2CCN(C)CC2)cc1OCC. The van der Waals surface area contributed by atoms with Gasteiger partial charge in [0.05, 0.1) is 13.2 Å². The van der Waals surface area contributed by atoms with E-state index in [1.54, 1.807) is 23.1 Å². The zero-order valence-corrected chi connectivity index (χ0v) is 14.5. The third-order valence-corrected chi connectivity index (χ3v) is 3.79. The molecule has 1 aliphatic rings. The maximum Gasteiger partial charge on any atom is 0.313 e. The van der Waals surface area contributed by atoms with Crippen LogP contribution in [-0.4, -0.2) is 68.1 Å². The lowest BCUT2D eigenvalue weighted by molar-refractivity contribution is -0.144. The Labute approximate surface area is 142 Å². The number of carbonyl (C=O) groups is 2. The van der Waals surface area contributed by atoms with Crippen LogP contribution in [0.5, 0.6) is 11.5 Å². The molecule has 0 atom stereocenters. The van der Waals surface area contributed by atoms with Gasteiger partial charge in [-0.3, -0.25) is 9.59 Å². The molecule has 1 saturated heterocycles. The molecule has 0 bridgehead atoms. The molecule has 0 unspecified atom stereocenters. The number of amides is 2. The Morgan fingerprint density at radius 3 is 2.29 bits per heavy atom. The summed E-state index contributed by atoms with van der Waals surface area (Å²) in [5, 5.41) is 2.64. The second-order valence-corrected chi connectivity index (χ2v) is 5.58. The van der Waals surface area contributed by atoms with Crippen molar-refractivity contribution in [1.82, 2.24) is 9.80 Å². The van der Waals surface area contributed by atoms with Gasteiger partial charge < -0.3 is 24.6 Å². The van der Waals surface area contributed by atoms with Crippen LogP contribution in [0.4, 0.5) is 5.69 Å². The van der Waals surface area contributed by atoms with Crippen LogP contribution in [0.2, 0.25) is 0 Å². The summed E-state index contributed by atoms with van der Waals surface area (Å²) in [6, 6.07) is 5.09. The smallest absolute Gasteiger partial charge is 0.313 e. The normalized spacial score (nSPS) is 15.0. The van der Waals surface area contributed by atoms with E-state index in [9.17, 15) is 9.59 Å². The van der Waals surface area contributed by atoms with Crippen LogP contribution in [-0.2, 0) is 9.59 Å². The van der Waals surface area contributed by atoms with Gasteiger partial charge >= 0.3 is 11.8 Å². The second kappa shape index (κ2) is 8.54. The number of nitrogens with zero attached hydrogens (tertiary/aromatic N) is 2. The summed E-state index contributed by atoms with van der Waals surface area (Å²) >= 11 is 0. The van der Waals surface area contributed by atoms with Gasteiger partial charge in [-0.1, -0.05) is 0 Å². The van der Waals surface area contributed by atoms with Crippen LogP contribution >= 0.6 is 0 Å². The van der Waals surface area contributed by atoms with Crippen molar-refractivity contribution in [2.45, 2.75) is 13.8 Å². The van der Waals surface area contributed by atoms with E-state index in [0.29, 0.717) is 43.5 Å². The molecule has 7 nitrogen and oxygen atoms in total. The Bertz CT molecular complexity index is 583. The summed E-state index contributed by atoms with van der Waals surface area (Å²) in [5.74, 6) is 0.0213. The topological polar surface area (TPSA) is 71.1 Å². The summed E-state index contributed by atoms with van der Waals surface area (Å²) in [5.41, 5.74) is 0.509. The van der Waals surface area contributed by atoms with Crippen LogP contribution in [0, 0.1) is 0 Å². The van der Waals surface area contributed by atoms with Crippen molar-refractivity contribution in [3.63, 3.8) is 0 Å². The minimum Gasteiger partial charge on any atom is -0.490 e. The number of hydrogen-bond acceptors (Lipinski definition) is 5. The number of piperazine rings is 1. The molecule has 0 aliphatic carbocycles. The maximum atomic E-state index is 12.2. The molecule has 1 heterocycles. The summed E-state index contributed by atoms with van der Waals surface area (Å²) in [7, 11) is 2.00. The third-order valence-electron chi connectivity index (χ3n) is 3.79. The number of carbonyl (C=O) groups excluding carboxylic acids is 2. The second-order valence-electron chi connectivity index (χ2n) is 5.58. The molecule has 7 heteroatoms. The number of anilines is 1. The van der Waals surface area contributed by atoms with Crippen LogP contribution in [0.15, 0.2) is 18.2 Å². The fourth-order valence-electron chi connectivity index (χ4n) is 2.47. The summed E-state index contributed by atoms with van der Waals surface area (Å²) in [4.78, 5) is 28.1. The van der Waals surface area contributed by atoms with Crippen molar-refractivity contribution in [2.75, 3.05) is 51.8 Å². The molecule has 1 aromatic carbocycles. The van der Waals surface area contributed by atoms with Gasteiger partial charge in [-0.2, -0.15) is 0 Å². The Kier molecular flexibility index (Phi) is 6.43. The molecule has 0 saturated carbocycles. The molecule has 0 spiro atoms. The summed E-state index contributed by atoms with van der Waals surface area (Å²) in [6.07, 6.45) is 0. The zero-order chi connectivity index (χ0) is 17.5. The van der Waals surface area contributed by atoms with Crippen molar-refractivity contribution in [1.29, 1.82) is 0 Å². The Morgan fingerprint density at radius 1 is 1.04 bits per heavy atom. The van der Waals surface area contributed by atoms with Crippen LogP contribution in [0.1, 0.15) is 13.8 Å². The highest BCUT2D eigenvalue weighted by molar-refractivity contribution is 6.39. The predicted octanol–water partition coefficient (Wildman–Crippen LogP) is 1.20. The molecule has 2 amide bonds. The number of nitrogens with one attached hydrogen (secondary N) is 1. The van der Waals surface area contributed by atoms with E-state index in [4.69, 9.17) is 9.47 Å². The lowest BCUT2D eigenvalue weighted by Crippen LogP contribution is -2.50. The van der Waals surface area contributed by atoms with Crippen LogP contribution in [0.25, 0.3) is 0 Å². The molecule has 1 fully saturated rings. The van der Waals surface area contributed by atoms with Gasteiger partial charge in [0.15, 0.2) is 11.5 Å². The summed E-state index contributed by atoms with van der Waals surface area (Å²) < 4.78 is 11.0. The van der Waals surface area contributed by atoms with Crippen LogP contribution < -0.4 is 14.8 Å². The first kappa shape index (κ1) is 18.1. The number of benzene rings is 1. The molecule has 2 rings (SSSR count). The molecule has 0 aromatic heterocycles. The predicted molar refractivity (Wildman–Crippen MR) is 91.5 cm³/mol. The summed E-state index contributed by atoms with van der Waals surface area (Å²) in [6.45, 7) is 7.45. The highest BCUT2D eigenvalue weighted by Crippen LogP contribution is 2.30. The molecule has 24 heavy (non-hydrogen) atoms. The molecule has 0 radical (unpaired) electrons. The molecule has 1 aliphatic heterocycles. The van der Waals surface area contributed by atoms with E-state index in [1.165, 1.54) is 0 Å². The van der Waals surface area contributed by atoms with E-state index in [1.807, 2.05) is 20.9 Å². The lowest BCUT2D eigenvalue weighted by Gasteiger charge is -2.31. The molecular weight excluding hydrogens is 310 g/mol. The maximum absolute atomic E-state index is 12.2. The Hall–Kier alpha value is -2.28. The van der Waals surface area contributed by atoms with Crippen molar-refractivity contribution in [3.8, 4) is 11.5 Å². The van der Waals surface area contributed by atoms with Crippen LogP contribution in [0.3, 0.4) is 0 Å². The third kappa shape index (κ3) is 4.61. The molecule has 1 aromatic rings. The monoisotopic (exact) mass is 335 g/mol. The standard InChI is InChI=1S/C17H25N3O4/c1-4-23-14-7-6-13(12-15(14)24-5-2)18-16(21)17(22)20-10-8-19(3)9-11-20/h6-7,12H,4-5,8-11H2,1-3H3,(H,18,21). The zero-order valence-electron chi connectivity index (χ0n) is 14.5. The first-order chi connectivity index (χ1) is 11.5. The minimum absolute atomic E-state index is 0.484. The van der Waals surface area contributed by atoms with E-state index in [-0.39, 0.29) is 0 Å². The fourth-order valence-corrected chi connectivity index (χ4v) is 2.47. The average molecular weight is 335 g/mol. The largest absolute Gasteiger partial charge is 0.490 e. The van der Waals surface area contributed by atoms with Gasteiger partial charge in [-0.15, -0.1) is 0 Å². The Morgan fingerprint density at radius 2 is 1.67 bits per heavy atom.